The van der Waals surface area contributed by atoms with Gasteiger partial charge in [-0.3, -0.25) is 9.59 Å². The molecule has 0 fully saturated rings. The molecule has 1 N–H and O–H groups in total. The zero-order valence-electron chi connectivity index (χ0n) is 12.1. The lowest BCUT2D eigenvalue weighted by atomic mass is 10.3. The molecule has 0 aliphatic carbocycles. The Hall–Kier alpha value is -2.48. The summed E-state index contributed by atoms with van der Waals surface area (Å²) in [4.78, 5) is 35.8. The van der Waals surface area contributed by atoms with E-state index >= 15 is 0 Å². The van der Waals surface area contributed by atoms with Crippen molar-refractivity contribution in [3.63, 3.8) is 0 Å². The van der Waals surface area contributed by atoms with Crippen LogP contribution in [0.4, 0.5) is 0 Å². The molecule has 0 saturated heterocycles. The number of ether oxygens (including phenoxy) is 1. The van der Waals surface area contributed by atoms with Gasteiger partial charge in [-0.25, -0.2) is 9.48 Å². The van der Waals surface area contributed by atoms with Gasteiger partial charge in [-0.1, -0.05) is 6.07 Å². The molecule has 0 spiro atoms. The van der Waals surface area contributed by atoms with E-state index in [0.717, 1.165) is 9.56 Å². The van der Waals surface area contributed by atoms with Crippen LogP contribution in [0.5, 0.6) is 0 Å². The van der Waals surface area contributed by atoms with Crippen molar-refractivity contribution in [3.05, 3.63) is 40.0 Å². The van der Waals surface area contributed by atoms with Gasteiger partial charge in [0.15, 0.2) is 0 Å². The molecule has 7 nitrogen and oxygen atoms in total. The van der Waals surface area contributed by atoms with Crippen molar-refractivity contribution in [1.82, 2.24) is 15.1 Å². The minimum absolute atomic E-state index is 0.265. The summed E-state index contributed by atoms with van der Waals surface area (Å²) in [6, 6.07) is 5.94. The van der Waals surface area contributed by atoms with E-state index in [4.69, 9.17) is 0 Å². The second-order valence-corrected chi connectivity index (χ2v) is 5.45. The van der Waals surface area contributed by atoms with E-state index in [9.17, 15) is 14.4 Å². The largest absolute Gasteiger partial charge is 0.467 e. The van der Waals surface area contributed by atoms with Crippen LogP contribution in [-0.4, -0.2) is 34.8 Å². The highest BCUT2D eigenvalue weighted by Crippen LogP contribution is 2.20. The topological polar surface area (TPSA) is 90.3 Å². The third-order valence-electron chi connectivity index (χ3n) is 2.87. The van der Waals surface area contributed by atoms with Crippen molar-refractivity contribution in [3.8, 4) is 10.6 Å². The summed E-state index contributed by atoms with van der Waals surface area (Å²) in [6.07, 6.45) is 0. The van der Waals surface area contributed by atoms with Crippen molar-refractivity contribution >= 4 is 23.2 Å². The quantitative estimate of drug-likeness (QED) is 0.817. The monoisotopic (exact) mass is 321 g/mol. The third kappa shape index (κ3) is 3.79. The molecule has 1 atom stereocenters. The van der Waals surface area contributed by atoms with Crippen LogP contribution in [0.1, 0.15) is 6.92 Å². The summed E-state index contributed by atoms with van der Waals surface area (Å²) in [5.41, 5.74) is 0.226. The molecular formula is C14H15N3O4S. The Kier molecular flexibility index (Phi) is 5.05. The maximum Gasteiger partial charge on any atom is 0.328 e. The standard InChI is InChI=1S/C14H15N3O4S/c1-9(14(20)21-2)15-12(18)8-17-13(19)6-5-10(16-17)11-4-3-7-22-11/h3-7,9H,8H2,1-2H3,(H,15,18)/t9-/m1/s1. The van der Waals surface area contributed by atoms with E-state index in [1.54, 1.807) is 6.07 Å². The predicted octanol–water partition coefficient (Wildman–Crippen LogP) is 0.649. The first-order valence-electron chi connectivity index (χ1n) is 6.50. The number of hydrogen-bond donors (Lipinski definition) is 1. The zero-order chi connectivity index (χ0) is 16.1. The fraction of sp³-hybridized carbons (Fsp3) is 0.286. The van der Waals surface area contributed by atoms with Crippen LogP contribution >= 0.6 is 11.3 Å². The fourth-order valence-corrected chi connectivity index (χ4v) is 2.47. The number of rotatable bonds is 5. The van der Waals surface area contributed by atoms with Gasteiger partial charge in [-0.2, -0.15) is 5.10 Å². The Morgan fingerprint density at radius 3 is 2.82 bits per heavy atom. The van der Waals surface area contributed by atoms with Gasteiger partial charge < -0.3 is 10.1 Å². The predicted molar refractivity (Wildman–Crippen MR) is 81.4 cm³/mol. The Morgan fingerprint density at radius 1 is 1.41 bits per heavy atom. The second kappa shape index (κ2) is 6.99. The maximum atomic E-state index is 11.9. The summed E-state index contributed by atoms with van der Waals surface area (Å²) in [5, 5.41) is 8.51. The Labute approximate surface area is 130 Å². The molecule has 2 aromatic rings. The Bertz CT molecular complexity index is 724. The van der Waals surface area contributed by atoms with Crippen LogP contribution in [0.25, 0.3) is 10.6 Å². The van der Waals surface area contributed by atoms with E-state index in [1.165, 1.54) is 31.4 Å². The molecule has 0 aliphatic heterocycles. The molecule has 0 bridgehead atoms. The first kappa shape index (κ1) is 15.9. The third-order valence-corrected chi connectivity index (χ3v) is 3.76. The van der Waals surface area contributed by atoms with Gasteiger partial charge in [0.25, 0.3) is 5.56 Å². The van der Waals surface area contributed by atoms with Gasteiger partial charge in [-0.05, 0) is 24.4 Å². The number of carbonyl (C=O) groups excluding carboxylic acids is 2. The average molecular weight is 321 g/mol. The van der Waals surface area contributed by atoms with Crippen LogP contribution in [0.15, 0.2) is 34.4 Å². The molecular weight excluding hydrogens is 306 g/mol. The number of methoxy groups -OCH3 is 1. The number of nitrogens with one attached hydrogen (secondary N) is 1. The summed E-state index contributed by atoms with van der Waals surface area (Å²) < 4.78 is 5.58. The van der Waals surface area contributed by atoms with E-state index < -0.39 is 17.9 Å². The van der Waals surface area contributed by atoms with E-state index in [1.807, 2.05) is 17.5 Å². The molecule has 22 heavy (non-hydrogen) atoms. The molecule has 0 unspecified atom stereocenters. The molecule has 0 aromatic carbocycles. The van der Waals surface area contributed by atoms with Crippen LogP contribution in [0.3, 0.4) is 0 Å². The lowest BCUT2D eigenvalue weighted by Gasteiger charge is -2.12. The van der Waals surface area contributed by atoms with Gasteiger partial charge in [-0.15, -0.1) is 11.3 Å². The van der Waals surface area contributed by atoms with Crippen molar-refractivity contribution in [2.24, 2.45) is 0 Å². The SMILES string of the molecule is COC(=O)[C@@H](C)NC(=O)Cn1nc(-c2cccs2)ccc1=O. The van der Waals surface area contributed by atoms with E-state index in [2.05, 4.69) is 15.2 Å². The number of nitrogens with zero attached hydrogens (tertiary/aromatic N) is 2. The molecule has 0 saturated carbocycles. The van der Waals surface area contributed by atoms with E-state index in [0.29, 0.717) is 5.69 Å². The Balaban J connectivity index is 2.12. The first-order chi connectivity index (χ1) is 10.5. The molecule has 8 heteroatoms. The number of thiophene rings is 1. The first-order valence-corrected chi connectivity index (χ1v) is 7.38. The van der Waals surface area contributed by atoms with Crippen LogP contribution < -0.4 is 10.9 Å². The van der Waals surface area contributed by atoms with Crippen molar-refractivity contribution in [2.75, 3.05) is 7.11 Å². The minimum atomic E-state index is -0.784. The van der Waals surface area contributed by atoms with Crippen molar-refractivity contribution < 1.29 is 14.3 Å². The van der Waals surface area contributed by atoms with Crippen molar-refractivity contribution in [1.29, 1.82) is 0 Å². The number of hydrogen-bond acceptors (Lipinski definition) is 6. The molecule has 0 aliphatic rings. The van der Waals surface area contributed by atoms with E-state index in [-0.39, 0.29) is 12.1 Å². The maximum absolute atomic E-state index is 11.9. The normalized spacial score (nSPS) is 11.7. The molecule has 1 amide bonds. The van der Waals surface area contributed by atoms with Gasteiger partial charge >= 0.3 is 5.97 Å². The summed E-state index contributed by atoms with van der Waals surface area (Å²) in [7, 11) is 1.24. The number of esters is 1. The van der Waals surface area contributed by atoms with Crippen LogP contribution in [0, 0.1) is 0 Å². The number of carbonyl (C=O) groups is 2. The average Bonchev–Trinajstić information content (AvgIpc) is 3.02. The van der Waals surface area contributed by atoms with Crippen molar-refractivity contribution in [2.45, 2.75) is 19.5 Å². The lowest BCUT2D eigenvalue weighted by molar-refractivity contribution is -0.144. The van der Waals surface area contributed by atoms with Gasteiger partial charge in [0, 0.05) is 6.07 Å². The second-order valence-electron chi connectivity index (χ2n) is 4.50. The van der Waals surface area contributed by atoms with Crippen LogP contribution in [-0.2, 0) is 20.9 Å². The molecule has 2 rings (SSSR count). The lowest BCUT2D eigenvalue weighted by Crippen LogP contribution is -2.42. The summed E-state index contributed by atoms with van der Waals surface area (Å²) in [6.45, 7) is 1.24. The fourth-order valence-electron chi connectivity index (χ4n) is 1.78. The number of aromatic nitrogens is 2. The van der Waals surface area contributed by atoms with Gasteiger partial charge in [0.1, 0.15) is 18.3 Å². The smallest absolute Gasteiger partial charge is 0.328 e. The Morgan fingerprint density at radius 2 is 2.18 bits per heavy atom. The molecule has 2 heterocycles. The molecule has 116 valence electrons. The highest BCUT2D eigenvalue weighted by Gasteiger charge is 2.16. The molecule has 0 radical (unpaired) electrons. The van der Waals surface area contributed by atoms with Gasteiger partial charge in [0.05, 0.1) is 12.0 Å². The van der Waals surface area contributed by atoms with Crippen LogP contribution in [0.2, 0.25) is 0 Å². The minimum Gasteiger partial charge on any atom is -0.467 e. The molecule has 2 aromatic heterocycles. The van der Waals surface area contributed by atoms with Gasteiger partial charge in [0.2, 0.25) is 5.91 Å². The summed E-state index contributed by atoms with van der Waals surface area (Å²) >= 11 is 1.49. The number of amides is 1. The highest BCUT2D eigenvalue weighted by atomic mass is 32.1. The highest BCUT2D eigenvalue weighted by molar-refractivity contribution is 7.13. The summed E-state index contributed by atoms with van der Waals surface area (Å²) in [5.74, 6) is -1.04. The zero-order valence-corrected chi connectivity index (χ0v) is 12.9.